The topological polar surface area (TPSA) is 23.8 Å². The highest BCUT2D eigenvalue weighted by Crippen LogP contribution is 2.34. The predicted octanol–water partition coefficient (Wildman–Crippen LogP) is 4.76. The van der Waals surface area contributed by atoms with E-state index >= 15 is 0 Å². The van der Waals surface area contributed by atoms with Gasteiger partial charge in [-0.3, -0.25) is 0 Å². The Morgan fingerprint density at radius 2 is 1.78 bits per heavy atom. The van der Waals surface area contributed by atoms with Crippen LogP contribution in [-0.4, -0.2) is 0 Å². The average Bonchev–Trinajstić information content (AvgIpc) is 2.28. The lowest BCUT2D eigenvalue weighted by Crippen LogP contribution is -2.13. The molecule has 0 saturated heterocycles. The van der Waals surface area contributed by atoms with Crippen molar-refractivity contribution in [1.29, 1.82) is 5.26 Å². The standard InChI is InChI=1S/C17H21N/c1-12(2)10-16(17(11-18)13(3)4)15-8-6-14(5)7-9-15/h6-9,16-17H,1,3,10H2,2,4-5H3. The lowest BCUT2D eigenvalue weighted by molar-refractivity contribution is 0.573. The van der Waals surface area contributed by atoms with Gasteiger partial charge in [0.05, 0.1) is 12.0 Å². The van der Waals surface area contributed by atoms with Crippen molar-refractivity contribution in [3.05, 3.63) is 59.7 Å². The molecule has 1 rings (SSSR count). The summed E-state index contributed by atoms with van der Waals surface area (Å²) >= 11 is 0. The first kappa shape index (κ1) is 14.3. The second-order valence-corrected chi connectivity index (χ2v) is 5.13. The Morgan fingerprint density at radius 3 is 2.17 bits per heavy atom. The maximum Gasteiger partial charge on any atom is 0.0739 e. The molecular weight excluding hydrogens is 218 g/mol. The van der Waals surface area contributed by atoms with E-state index < -0.39 is 0 Å². The van der Waals surface area contributed by atoms with Gasteiger partial charge in [-0.05, 0) is 32.8 Å². The fourth-order valence-corrected chi connectivity index (χ4v) is 2.16. The molecule has 0 bridgehead atoms. The first-order valence-electron chi connectivity index (χ1n) is 6.21. The van der Waals surface area contributed by atoms with E-state index in [0.717, 1.165) is 17.6 Å². The van der Waals surface area contributed by atoms with Crippen molar-refractivity contribution in [2.24, 2.45) is 5.92 Å². The molecule has 0 aliphatic carbocycles. The minimum absolute atomic E-state index is 0.149. The van der Waals surface area contributed by atoms with Gasteiger partial charge in [0, 0.05) is 5.92 Å². The largest absolute Gasteiger partial charge is 0.198 e. The van der Waals surface area contributed by atoms with Crippen molar-refractivity contribution in [3.8, 4) is 6.07 Å². The van der Waals surface area contributed by atoms with Gasteiger partial charge in [0.2, 0.25) is 0 Å². The highest BCUT2D eigenvalue weighted by Gasteiger charge is 2.23. The van der Waals surface area contributed by atoms with Crippen LogP contribution in [0.2, 0.25) is 0 Å². The molecule has 0 spiro atoms. The molecule has 0 amide bonds. The van der Waals surface area contributed by atoms with Crippen LogP contribution in [0.5, 0.6) is 0 Å². The van der Waals surface area contributed by atoms with Crippen molar-refractivity contribution in [1.82, 2.24) is 0 Å². The minimum Gasteiger partial charge on any atom is -0.198 e. The fourth-order valence-electron chi connectivity index (χ4n) is 2.16. The van der Waals surface area contributed by atoms with E-state index in [-0.39, 0.29) is 11.8 Å². The van der Waals surface area contributed by atoms with Gasteiger partial charge in [0.1, 0.15) is 0 Å². The Kier molecular flexibility index (Phi) is 4.92. The Balaban J connectivity index is 3.12. The monoisotopic (exact) mass is 239 g/mol. The van der Waals surface area contributed by atoms with Crippen LogP contribution in [0.1, 0.15) is 37.3 Å². The van der Waals surface area contributed by atoms with Gasteiger partial charge < -0.3 is 0 Å². The quantitative estimate of drug-likeness (QED) is 0.679. The second kappa shape index (κ2) is 6.21. The molecule has 0 saturated carbocycles. The Hall–Kier alpha value is -1.81. The molecule has 94 valence electrons. The summed E-state index contributed by atoms with van der Waals surface area (Å²) in [5.74, 6) is 0.00926. The fraction of sp³-hybridized carbons (Fsp3) is 0.353. The van der Waals surface area contributed by atoms with Crippen molar-refractivity contribution >= 4 is 0 Å². The summed E-state index contributed by atoms with van der Waals surface area (Å²) in [6.45, 7) is 13.9. The first-order valence-corrected chi connectivity index (χ1v) is 6.21. The summed E-state index contributed by atoms with van der Waals surface area (Å²) in [5.41, 5.74) is 4.45. The summed E-state index contributed by atoms with van der Waals surface area (Å²) in [6, 6.07) is 10.8. The molecule has 0 aliphatic rings. The van der Waals surface area contributed by atoms with Crippen LogP contribution in [0.3, 0.4) is 0 Å². The Labute approximate surface area is 110 Å². The molecule has 1 heteroatoms. The van der Waals surface area contributed by atoms with E-state index in [0.29, 0.717) is 0 Å². The zero-order chi connectivity index (χ0) is 13.7. The van der Waals surface area contributed by atoms with Crippen LogP contribution in [0, 0.1) is 24.2 Å². The molecular formula is C17H21N. The third-order valence-corrected chi connectivity index (χ3v) is 3.15. The average molecular weight is 239 g/mol. The number of nitriles is 1. The normalized spacial score (nSPS) is 13.4. The third kappa shape index (κ3) is 3.60. The van der Waals surface area contributed by atoms with Crippen LogP contribution in [-0.2, 0) is 0 Å². The molecule has 18 heavy (non-hydrogen) atoms. The van der Waals surface area contributed by atoms with Crippen LogP contribution in [0.25, 0.3) is 0 Å². The summed E-state index contributed by atoms with van der Waals surface area (Å²) < 4.78 is 0. The summed E-state index contributed by atoms with van der Waals surface area (Å²) in [6.07, 6.45) is 0.828. The molecule has 1 aromatic rings. The number of hydrogen-bond donors (Lipinski definition) is 0. The SMILES string of the molecule is C=C(C)CC(c1ccc(C)cc1)C(C#N)C(=C)C. The molecule has 0 aliphatic heterocycles. The number of allylic oxidation sites excluding steroid dienone is 2. The Bertz CT molecular complexity index is 473. The van der Waals surface area contributed by atoms with E-state index in [1.165, 1.54) is 11.1 Å². The molecule has 2 unspecified atom stereocenters. The molecule has 1 aromatic carbocycles. The molecule has 0 heterocycles. The smallest absolute Gasteiger partial charge is 0.0739 e. The lowest BCUT2D eigenvalue weighted by atomic mass is 9.79. The maximum absolute atomic E-state index is 9.36. The van der Waals surface area contributed by atoms with Crippen molar-refractivity contribution < 1.29 is 0 Å². The van der Waals surface area contributed by atoms with E-state index in [4.69, 9.17) is 0 Å². The van der Waals surface area contributed by atoms with Gasteiger partial charge in [-0.25, -0.2) is 0 Å². The van der Waals surface area contributed by atoms with Gasteiger partial charge >= 0.3 is 0 Å². The number of rotatable bonds is 5. The zero-order valence-electron chi connectivity index (χ0n) is 11.5. The van der Waals surface area contributed by atoms with Crippen molar-refractivity contribution in [3.63, 3.8) is 0 Å². The van der Waals surface area contributed by atoms with Crippen LogP contribution < -0.4 is 0 Å². The van der Waals surface area contributed by atoms with Gasteiger partial charge in [0.25, 0.3) is 0 Å². The number of nitrogens with zero attached hydrogens (tertiary/aromatic N) is 1. The highest BCUT2D eigenvalue weighted by atomic mass is 14.3. The van der Waals surface area contributed by atoms with Crippen LogP contribution in [0.4, 0.5) is 0 Å². The van der Waals surface area contributed by atoms with Gasteiger partial charge in [-0.15, -0.1) is 6.58 Å². The number of hydrogen-bond acceptors (Lipinski definition) is 1. The van der Waals surface area contributed by atoms with Crippen molar-refractivity contribution in [2.75, 3.05) is 0 Å². The van der Waals surface area contributed by atoms with E-state index in [2.05, 4.69) is 50.4 Å². The van der Waals surface area contributed by atoms with E-state index in [1.807, 2.05) is 13.8 Å². The minimum atomic E-state index is -0.149. The zero-order valence-corrected chi connectivity index (χ0v) is 11.5. The van der Waals surface area contributed by atoms with Crippen LogP contribution in [0.15, 0.2) is 48.6 Å². The maximum atomic E-state index is 9.36. The molecule has 0 N–H and O–H groups in total. The molecule has 1 nitrogen and oxygen atoms in total. The number of benzene rings is 1. The second-order valence-electron chi connectivity index (χ2n) is 5.13. The first-order chi connectivity index (χ1) is 8.45. The van der Waals surface area contributed by atoms with Crippen molar-refractivity contribution in [2.45, 2.75) is 33.1 Å². The summed E-state index contributed by atoms with van der Waals surface area (Å²) in [4.78, 5) is 0. The Morgan fingerprint density at radius 1 is 1.22 bits per heavy atom. The van der Waals surface area contributed by atoms with Gasteiger partial charge in [0.15, 0.2) is 0 Å². The highest BCUT2D eigenvalue weighted by molar-refractivity contribution is 5.30. The van der Waals surface area contributed by atoms with Gasteiger partial charge in [-0.1, -0.05) is 47.6 Å². The molecule has 0 aromatic heterocycles. The molecule has 2 atom stereocenters. The van der Waals surface area contributed by atoms with E-state index in [9.17, 15) is 5.26 Å². The van der Waals surface area contributed by atoms with Gasteiger partial charge in [-0.2, -0.15) is 5.26 Å². The van der Waals surface area contributed by atoms with E-state index in [1.54, 1.807) is 0 Å². The lowest BCUT2D eigenvalue weighted by Gasteiger charge is -2.23. The number of aryl methyl sites for hydroxylation is 1. The molecule has 0 fully saturated rings. The summed E-state index contributed by atoms with van der Waals surface area (Å²) in [7, 11) is 0. The summed E-state index contributed by atoms with van der Waals surface area (Å²) in [5, 5.41) is 9.36. The predicted molar refractivity (Wildman–Crippen MR) is 77.3 cm³/mol. The third-order valence-electron chi connectivity index (χ3n) is 3.15. The van der Waals surface area contributed by atoms with Crippen LogP contribution >= 0.6 is 0 Å². The molecule has 0 radical (unpaired) electrons.